The van der Waals surface area contributed by atoms with Crippen LogP contribution in [0, 0.1) is 61.2 Å². The van der Waals surface area contributed by atoms with Crippen LogP contribution in [0.15, 0.2) is 22.8 Å². The minimum atomic E-state index is -1.24. The van der Waals surface area contributed by atoms with E-state index in [2.05, 4.69) is 41.5 Å². The molecule has 11 heteroatoms. The van der Waals surface area contributed by atoms with E-state index >= 15 is 0 Å². The molecule has 0 amide bonds. The molecule has 0 saturated carbocycles. The largest absolute Gasteiger partial charge is 2.00 e. The third kappa shape index (κ3) is 10.2. The van der Waals surface area contributed by atoms with E-state index in [-0.39, 0.29) is 70.7 Å². The van der Waals surface area contributed by atoms with Crippen LogP contribution in [0.25, 0.3) is 34.4 Å². The van der Waals surface area contributed by atoms with Crippen molar-refractivity contribution in [2.45, 2.75) is 133 Å². The summed E-state index contributed by atoms with van der Waals surface area (Å²) in [6.45, 7) is 21.2. The Morgan fingerprint density at radius 1 is 0.770 bits per heavy atom. The van der Waals surface area contributed by atoms with Crippen LogP contribution in [-0.2, 0) is 19.1 Å². The molecule has 0 N–H and O–H groups in total. The zero-order valence-electron chi connectivity index (χ0n) is 38.6. The van der Waals surface area contributed by atoms with Crippen LogP contribution in [0.4, 0.5) is 0 Å². The zero-order chi connectivity index (χ0) is 43.6. The van der Waals surface area contributed by atoms with E-state index in [1.54, 1.807) is 6.92 Å². The molecule has 8 bridgehead atoms. The van der Waals surface area contributed by atoms with E-state index < -0.39 is 11.9 Å². The normalized spacial score (nSPS) is 26.3. The molecule has 0 aromatic carbocycles. The Balaban J connectivity index is 0.00000704. The Labute approximate surface area is 380 Å². The second-order valence-electron chi connectivity index (χ2n) is 18.5. The van der Waals surface area contributed by atoms with Gasteiger partial charge in [-0.2, -0.15) is 22.8 Å². The molecule has 326 valence electrons. The number of carbonyl (C=O) groups excluding carboxylic acids is 4. The van der Waals surface area contributed by atoms with Gasteiger partial charge >= 0.3 is 35.0 Å². The van der Waals surface area contributed by atoms with Gasteiger partial charge in [0.25, 0.3) is 0 Å². The summed E-state index contributed by atoms with van der Waals surface area (Å²) in [5.74, 6) is -1.11. The number of ether oxygens (including phenoxy) is 2. The zero-order valence-corrected chi connectivity index (χ0v) is 40.0. The molecule has 2 fully saturated rings. The number of hydrogen-bond donors (Lipinski definition) is 0. The third-order valence-electron chi connectivity index (χ3n) is 13.7. The molecular weight excluding hydrogens is 777 g/mol. The number of allylic oxidation sites excluding steroid dienone is 4. The molecule has 6 rings (SSSR count). The number of methoxy groups -OCH3 is 1. The summed E-state index contributed by atoms with van der Waals surface area (Å²) < 4.78 is 11.1. The van der Waals surface area contributed by atoms with Gasteiger partial charge in [0.05, 0.1) is 13.7 Å². The monoisotopic (exact) mass is 842 g/mol. The summed E-state index contributed by atoms with van der Waals surface area (Å²) in [6.07, 6.45) is 15.4. The van der Waals surface area contributed by atoms with Gasteiger partial charge in [0, 0.05) is 17.5 Å². The van der Waals surface area contributed by atoms with Crippen molar-refractivity contribution < 1.29 is 28.7 Å². The Kier molecular flexibility index (Phi) is 16.3. The van der Waals surface area contributed by atoms with E-state index in [0.29, 0.717) is 75.4 Å². The van der Waals surface area contributed by atoms with Crippen molar-refractivity contribution in [3.63, 3.8) is 0 Å². The van der Waals surface area contributed by atoms with Crippen LogP contribution < -0.4 is 9.97 Å². The summed E-state index contributed by atoms with van der Waals surface area (Å²) in [7, 11) is 1.28. The van der Waals surface area contributed by atoms with Gasteiger partial charge in [0.1, 0.15) is 5.92 Å². The van der Waals surface area contributed by atoms with Gasteiger partial charge in [-0.25, -0.2) is 0 Å². The Hall–Kier alpha value is -3.83. The first-order valence-corrected chi connectivity index (χ1v) is 22.5. The minimum absolute atomic E-state index is 0. The number of aromatic nitrogens is 2. The summed E-state index contributed by atoms with van der Waals surface area (Å²) in [5, 5.41) is 10.3. The van der Waals surface area contributed by atoms with Crippen LogP contribution >= 0.6 is 0 Å². The molecule has 0 spiro atoms. The van der Waals surface area contributed by atoms with Crippen molar-refractivity contribution in [2.75, 3.05) is 13.7 Å². The van der Waals surface area contributed by atoms with E-state index in [1.807, 2.05) is 39.0 Å². The molecule has 2 aromatic rings. The van der Waals surface area contributed by atoms with Crippen molar-refractivity contribution in [3.8, 4) is 0 Å². The maximum absolute atomic E-state index is 14.3. The van der Waals surface area contributed by atoms with Crippen molar-refractivity contribution in [3.05, 3.63) is 78.5 Å². The van der Waals surface area contributed by atoms with Crippen LogP contribution in [-0.4, -0.2) is 60.3 Å². The molecule has 7 atom stereocenters. The van der Waals surface area contributed by atoms with Crippen molar-refractivity contribution in [2.24, 2.45) is 47.3 Å². The number of nitrogens with zero attached hydrogens (tertiary/aromatic N) is 4. The minimum Gasteiger partial charge on any atom is -0.664 e. The fourth-order valence-corrected chi connectivity index (χ4v) is 9.86. The standard InChI is InChI=1S/C50H68N4O6.Mg/c1-12-34-29(6)36-25-41-43(33(10)55)31(8)38(52-41)23-37-30(7)35(19-20-42(56)60-22-21-28(5)18-14-17-27(4)16-13-15-26(2)3)47(53-37)45-46(50(58)59-11)49(57)44-32(9)39(54-48(44)45)24-40(34)51-36;/h23-30,34-35,46H,12-22H2,1-11H3,(H2-2,51,52,53,54,55,57);/q-2;+2/p-2/b37-23-,40-24-;/t27-,28?,29-,30+,34-,35+,46-;/m1./s1. The second-order valence-corrected chi connectivity index (χ2v) is 18.5. The quantitative estimate of drug-likeness (QED) is 0.0663. The fraction of sp³-hybridized carbons (Fsp3) is 0.600. The van der Waals surface area contributed by atoms with Gasteiger partial charge in [-0.15, -0.1) is 22.8 Å². The second kappa shape index (κ2) is 20.6. The fourth-order valence-electron chi connectivity index (χ4n) is 9.86. The molecule has 3 aliphatic heterocycles. The van der Waals surface area contributed by atoms with Crippen LogP contribution in [0.3, 0.4) is 0 Å². The number of rotatable bonds is 17. The van der Waals surface area contributed by atoms with Gasteiger partial charge in [-0.05, 0) is 75.0 Å². The predicted octanol–water partition coefficient (Wildman–Crippen LogP) is 11.1. The molecule has 61 heavy (non-hydrogen) atoms. The van der Waals surface area contributed by atoms with E-state index in [0.717, 1.165) is 48.1 Å². The Morgan fingerprint density at radius 3 is 2.00 bits per heavy atom. The molecule has 4 aliphatic rings. The molecule has 10 nitrogen and oxygen atoms in total. The van der Waals surface area contributed by atoms with Crippen LogP contribution in [0.5, 0.6) is 0 Å². The maximum Gasteiger partial charge on any atom is 2.00 e. The topological polar surface area (TPSA) is 143 Å². The van der Waals surface area contributed by atoms with Gasteiger partial charge in [0.2, 0.25) is 0 Å². The first-order valence-electron chi connectivity index (χ1n) is 22.5. The Bertz CT molecular complexity index is 2120. The maximum atomic E-state index is 14.3. The van der Waals surface area contributed by atoms with Gasteiger partial charge in [-0.3, -0.25) is 19.2 Å². The third-order valence-corrected chi connectivity index (χ3v) is 13.7. The number of Topliss-reactive ketones (excluding diaryl/α,β-unsaturated/α-hetero) is 2. The van der Waals surface area contributed by atoms with Crippen molar-refractivity contribution >= 4 is 70.4 Å². The van der Waals surface area contributed by atoms with Gasteiger partial charge in [0.15, 0.2) is 11.6 Å². The molecule has 2 aromatic heterocycles. The van der Waals surface area contributed by atoms with Gasteiger partial charge in [-0.1, -0.05) is 128 Å². The Morgan fingerprint density at radius 2 is 1.36 bits per heavy atom. The predicted molar refractivity (Wildman–Crippen MR) is 243 cm³/mol. The molecule has 5 heterocycles. The van der Waals surface area contributed by atoms with E-state index in [9.17, 15) is 19.2 Å². The van der Waals surface area contributed by atoms with Gasteiger partial charge < -0.3 is 30.1 Å². The van der Waals surface area contributed by atoms with Crippen LogP contribution in [0.1, 0.15) is 174 Å². The molecule has 1 aliphatic carbocycles. The van der Waals surface area contributed by atoms with Crippen molar-refractivity contribution in [1.82, 2.24) is 9.97 Å². The van der Waals surface area contributed by atoms with E-state index in [1.165, 1.54) is 39.2 Å². The molecule has 1 unspecified atom stereocenters. The summed E-state index contributed by atoms with van der Waals surface area (Å²) in [6, 6.07) is 0. The summed E-state index contributed by atoms with van der Waals surface area (Å²) in [4.78, 5) is 64.5. The number of carbonyl (C=O) groups is 4. The number of fused-ring (bicyclic) bond motifs is 7. The first kappa shape index (κ1) is 48.2. The molecule has 2 saturated heterocycles. The summed E-state index contributed by atoms with van der Waals surface area (Å²) in [5.41, 5.74) is 7.95. The van der Waals surface area contributed by atoms with Crippen molar-refractivity contribution in [1.29, 1.82) is 0 Å². The average Bonchev–Trinajstić information content (AvgIpc) is 3.94. The summed E-state index contributed by atoms with van der Waals surface area (Å²) >= 11 is 0. The molecule has 0 radical (unpaired) electrons. The SMILES string of the molecule is CC[C@H]1/C2=C/c3[n-]c4c(c3C)C(=O)[C@H](C(=O)OC)/C4=C3/[N-]/C(=C\c4[n-]c(c(C(C)=O)c4C)/C=C(\[N-]2)[C@@H]1C)[C@@H](C)[C@@H]3CCC(=O)OCCC(C)CCC[C@H](C)CCCC(C)C.[Mg+2]. The molecular formula is C50H66MgN4O6-2. The average molecular weight is 843 g/mol. The number of hydrogen-bond acceptors (Lipinski definition) is 6. The van der Waals surface area contributed by atoms with Crippen LogP contribution in [0.2, 0.25) is 0 Å². The smallest absolute Gasteiger partial charge is 0.664 e. The number of ketones is 2. The first-order chi connectivity index (χ1) is 28.6. The number of esters is 2. The van der Waals surface area contributed by atoms with E-state index in [4.69, 9.17) is 30.1 Å².